The average Bonchev–Trinajstić information content (AvgIpc) is 3.62. The third kappa shape index (κ3) is 3.66. The molecule has 3 aromatic heterocycles. The smallest absolute Gasteiger partial charge is 0.160 e. The standard InChI is InChI=1S/C38H22N2OS/c1-2-8-23(9-3-1)26-16-19-31-34(22-26)42-37-35(27-17-18-30-29-12-6-7-13-32(29)41-33(30)21-27)39-38(40-36(31)37)28-15-14-24-10-4-5-11-25(24)20-28/h1-22H. The van der Waals surface area contributed by atoms with Crippen LogP contribution < -0.4 is 0 Å². The first-order chi connectivity index (χ1) is 20.8. The summed E-state index contributed by atoms with van der Waals surface area (Å²) < 4.78 is 8.55. The van der Waals surface area contributed by atoms with E-state index in [4.69, 9.17) is 14.4 Å². The Balaban J connectivity index is 1.31. The second kappa shape index (κ2) is 9.10. The van der Waals surface area contributed by atoms with Crippen molar-refractivity contribution in [3.8, 4) is 33.8 Å². The van der Waals surface area contributed by atoms with E-state index < -0.39 is 0 Å². The van der Waals surface area contributed by atoms with Crippen LogP contribution in [0, 0.1) is 0 Å². The van der Waals surface area contributed by atoms with Gasteiger partial charge in [-0.15, -0.1) is 11.3 Å². The maximum Gasteiger partial charge on any atom is 0.160 e. The van der Waals surface area contributed by atoms with Gasteiger partial charge in [-0.25, -0.2) is 9.97 Å². The Labute approximate surface area is 245 Å². The van der Waals surface area contributed by atoms with Gasteiger partial charge in [0, 0.05) is 32.0 Å². The molecule has 0 N–H and O–H groups in total. The highest BCUT2D eigenvalue weighted by molar-refractivity contribution is 7.26. The Hall–Kier alpha value is -5.32. The van der Waals surface area contributed by atoms with E-state index >= 15 is 0 Å². The lowest BCUT2D eigenvalue weighted by Gasteiger charge is -2.08. The summed E-state index contributed by atoms with van der Waals surface area (Å²) >= 11 is 1.75. The minimum atomic E-state index is 0.722. The maximum absolute atomic E-state index is 6.27. The van der Waals surface area contributed by atoms with E-state index in [0.717, 1.165) is 60.2 Å². The lowest BCUT2D eigenvalue weighted by atomic mass is 10.0. The van der Waals surface area contributed by atoms with Gasteiger partial charge < -0.3 is 4.42 Å². The minimum Gasteiger partial charge on any atom is -0.456 e. The molecule has 0 fully saturated rings. The van der Waals surface area contributed by atoms with E-state index in [1.807, 2.05) is 12.1 Å². The first-order valence-corrected chi connectivity index (χ1v) is 14.8. The van der Waals surface area contributed by atoms with Gasteiger partial charge in [0.05, 0.1) is 15.9 Å². The fraction of sp³-hybridized carbons (Fsp3) is 0. The Kier molecular flexibility index (Phi) is 5.07. The lowest BCUT2D eigenvalue weighted by Crippen LogP contribution is -1.93. The van der Waals surface area contributed by atoms with Crippen LogP contribution in [0.1, 0.15) is 0 Å². The number of rotatable bonds is 3. The number of aromatic nitrogens is 2. The van der Waals surface area contributed by atoms with Crippen molar-refractivity contribution in [2.75, 3.05) is 0 Å². The summed E-state index contributed by atoms with van der Waals surface area (Å²) in [6, 6.07) is 46.7. The molecule has 0 aliphatic heterocycles. The highest BCUT2D eigenvalue weighted by atomic mass is 32.1. The Morgan fingerprint density at radius 2 is 1.21 bits per heavy atom. The number of benzene rings is 6. The van der Waals surface area contributed by atoms with Gasteiger partial charge in [-0.2, -0.15) is 0 Å². The van der Waals surface area contributed by atoms with Crippen molar-refractivity contribution in [1.82, 2.24) is 9.97 Å². The van der Waals surface area contributed by atoms with E-state index in [1.54, 1.807) is 11.3 Å². The molecule has 0 saturated heterocycles. The zero-order valence-electron chi connectivity index (χ0n) is 22.4. The monoisotopic (exact) mass is 554 g/mol. The normalized spacial score (nSPS) is 11.8. The molecule has 3 nitrogen and oxygen atoms in total. The van der Waals surface area contributed by atoms with Crippen molar-refractivity contribution in [2.24, 2.45) is 0 Å². The lowest BCUT2D eigenvalue weighted by molar-refractivity contribution is 0.669. The molecule has 4 heteroatoms. The zero-order chi connectivity index (χ0) is 27.6. The molecule has 0 unspecified atom stereocenters. The van der Waals surface area contributed by atoms with Crippen LogP contribution in [0.2, 0.25) is 0 Å². The summed E-state index contributed by atoms with van der Waals surface area (Å²) in [5.74, 6) is 0.722. The number of fused-ring (bicyclic) bond motifs is 7. The van der Waals surface area contributed by atoms with Crippen molar-refractivity contribution in [2.45, 2.75) is 0 Å². The van der Waals surface area contributed by atoms with Crippen molar-refractivity contribution < 1.29 is 4.42 Å². The molecule has 3 heterocycles. The van der Waals surface area contributed by atoms with Crippen molar-refractivity contribution >= 4 is 64.4 Å². The van der Waals surface area contributed by atoms with Crippen LogP contribution in [0.25, 0.3) is 86.8 Å². The molecule has 0 bridgehead atoms. The molecular formula is C38H22N2OS. The molecule has 0 spiro atoms. The predicted octanol–water partition coefficient (Wildman–Crippen LogP) is 10.9. The van der Waals surface area contributed by atoms with Gasteiger partial charge in [0.25, 0.3) is 0 Å². The number of hydrogen-bond donors (Lipinski definition) is 0. The van der Waals surface area contributed by atoms with E-state index in [1.165, 1.54) is 26.6 Å². The molecule has 42 heavy (non-hydrogen) atoms. The largest absolute Gasteiger partial charge is 0.456 e. The molecule has 196 valence electrons. The minimum absolute atomic E-state index is 0.722. The molecule has 0 saturated carbocycles. The zero-order valence-corrected chi connectivity index (χ0v) is 23.2. The van der Waals surface area contributed by atoms with E-state index in [-0.39, 0.29) is 0 Å². The molecule has 0 aliphatic rings. The predicted molar refractivity (Wildman–Crippen MR) is 176 cm³/mol. The molecule has 0 aliphatic carbocycles. The van der Waals surface area contributed by atoms with Crippen LogP contribution in [-0.2, 0) is 0 Å². The fourth-order valence-corrected chi connectivity index (χ4v) is 7.17. The Morgan fingerprint density at radius 1 is 0.476 bits per heavy atom. The number of thiophene rings is 1. The van der Waals surface area contributed by atoms with Crippen molar-refractivity contribution in [3.05, 3.63) is 133 Å². The first kappa shape index (κ1) is 23.4. The van der Waals surface area contributed by atoms with Crippen molar-refractivity contribution in [3.63, 3.8) is 0 Å². The second-order valence-electron chi connectivity index (χ2n) is 10.6. The van der Waals surface area contributed by atoms with Crippen LogP contribution in [0.5, 0.6) is 0 Å². The summed E-state index contributed by atoms with van der Waals surface area (Å²) in [6.07, 6.45) is 0. The van der Waals surface area contributed by atoms with Crippen LogP contribution in [0.15, 0.2) is 138 Å². The fourth-order valence-electron chi connectivity index (χ4n) is 5.98. The third-order valence-electron chi connectivity index (χ3n) is 8.08. The van der Waals surface area contributed by atoms with Crippen LogP contribution in [-0.4, -0.2) is 9.97 Å². The molecule has 0 amide bonds. The maximum atomic E-state index is 6.27. The van der Waals surface area contributed by atoms with Gasteiger partial charge in [0.1, 0.15) is 11.2 Å². The molecule has 9 rings (SSSR count). The van der Waals surface area contributed by atoms with Gasteiger partial charge in [-0.1, -0.05) is 103 Å². The van der Waals surface area contributed by atoms with Crippen LogP contribution in [0.3, 0.4) is 0 Å². The Morgan fingerprint density at radius 3 is 2.14 bits per heavy atom. The third-order valence-corrected chi connectivity index (χ3v) is 9.23. The number of para-hydroxylation sites is 1. The van der Waals surface area contributed by atoms with Crippen molar-refractivity contribution in [1.29, 1.82) is 0 Å². The summed E-state index contributed by atoms with van der Waals surface area (Å²) in [6.45, 7) is 0. The molecule has 6 aromatic carbocycles. The number of nitrogens with zero attached hydrogens (tertiary/aromatic N) is 2. The van der Waals surface area contributed by atoms with Gasteiger partial charge in [0.15, 0.2) is 5.82 Å². The summed E-state index contributed by atoms with van der Waals surface area (Å²) in [5.41, 5.74) is 8.08. The van der Waals surface area contributed by atoms with Crippen LogP contribution in [0.4, 0.5) is 0 Å². The first-order valence-electron chi connectivity index (χ1n) is 14.0. The highest BCUT2D eigenvalue weighted by Gasteiger charge is 2.18. The van der Waals surface area contributed by atoms with Gasteiger partial charge in [0.2, 0.25) is 0 Å². The van der Waals surface area contributed by atoms with E-state index in [2.05, 4.69) is 121 Å². The Bertz CT molecular complexity index is 2470. The summed E-state index contributed by atoms with van der Waals surface area (Å²) in [4.78, 5) is 10.4. The van der Waals surface area contributed by atoms with E-state index in [9.17, 15) is 0 Å². The highest BCUT2D eigenvalue weighted by Crippen LogP contribution is 2.42. The van der Waals surface area contributed by atoms with Crippen LogP contribution >= 0.6 is 11.3 Å². The summed E-state index contributed by atoms with van der Waals surface area (Å²) in [5, 5.41) is 5.75. The van der Waals surface area contributed by atoms with Gasteiger partial charge in [-0.05, 0) is 52.2 Å². The van der Waals surface area contributed by atoms with E-state index in [0.29, 0.717) is 0 Å². The molecule has 0 atom stereocenters. The van der Waals surface area contributed by atoms with Gasteiger partial charge >= 0.3 is 0 Å². The quantitative estimate of drug-likeness (QED) is 0.218. The number of furan rings is 1. The second-order valence-corrected chi connectivity index (χ2v) is 11.7. The molecule has 9 aromatic rings. The van der Waals surface area contributed by atoms with Gasteiger partial charge in [-0.3, -0.25) is 0 Å². The number of hydrogen-bond acceptors (Lipinski definition) is 4. The molecule has 0 radical (unpaired) electrons. The SMILES string of the molecule is c1ccc(-c2ccc3c(c2)sc2c(-c4ccc5c(c4)oc4ccccc45)nc(-c4ccc5ccccc5c4)nc23)cc1. The summed E-state index contributed by atoms with van der Waals surface area (Å²) in [7, 11) is 0. The topological polar surface area (TPSA) is 38.9 Å². The molecular weight excluding hydrogens is 532 g/mol. The average molecular weight is 555 g/mol.